The zero-order chi connectivity index (χ0) is 8.59. The summed E-state index contributed by atoms with van der Waals surface area (Å²) in [5, 5.41) is 9.48. The predicted octanol–water partition coefficient (Wildman–Crippen LogP) is 2.86. The Hall–Kier alpha value is 0.0700. The van der Waals surface area contributed by atoms with E-state index in [1.807, 2.05) is 13.8 Å². The van der Waals surface area contributed by atoms with Crippen LogP contribution < -0.4 is 0 Å². The highest BCUT2D eigenvalue weighted by molar-refractivity contribution is 8.38. The number of allylic oxidation sites excluding steroid dienone is 1. The molecule has 1 N–H and O–H groups in total. The van der Waals surface area contributed by atoms with Gasteiger partial charge in [0, 0.05) is 5.57 Å². The molecule has 1 atom stereocenters. The van der Waals surface area contributed by atoms with Crippen molar-refractivity contribution in [1.29, 1.82) is 0 Å². The minimum atomic E-state index is -0.0262. The molecule has 0 saturated carbocycles. The Labute approximate surface area is 80.9 Å². The minimum Gasteiger partial charge on any atom is -0.511 e. The third-order valence-electron chi connectivity index (χ3n) is 1.65. The Morgan fingerprint density at radius 1 is 1.45 bits per heavy atom. The van der Waals surface area contributed by atoms with Gasteiger partial charge in [0.1, 0.15) is 5.76 Å². The van der Waals surface area contributed by atoms with Crippen molar-refractivity contribution in [2.45, 2.75) is 13.8 Å². The quantitative estimate of drug-likeness (QED) is 0.612. The fourth-order valence-corrected chi connectivity index (χ4v) is 2.42. The second kappa shape index (κ2) is 3.21. The summed E-state index contributed by atoms with van der Waals surface area (Å²) in [6, 6.07) is 0. The summed E-state index contributed by atoms with van der Waals surface area (Å²) in [4.78, 5) is 0. The average molecular weight is 204 g/mol. The maximum Gasteiger partial charge on any atom is 0.106 e. The lowest BCUT2D eigenvalue weighted by Gasteiger charge is -2.20. The van der Waals surface area contributed by atoms with E-state index in [-0.39, 0.29) is 5.92 Å². The fourth-order valence-electron chi connectivity index (χ4n) is 0.797. The molecule has 0 amide bonds. The van der Waals surface area contributed by atoms with Crippen LogP contribution in [0.4, 0.5) is 0 Å². The molecule has 1 unspecified atom stereocenters. The van der Waals surface area contributed by atoms with Gasteiger partial charge in [-0.25, -0.2) is 0 Å². The molecule has 1 aliphatic rings. The highest BCUT2D eigenvalue weighted by Gasteiger charge is 2.24. The van der Waals surface area contributed by atoms with Crippen LogP contribution >= 0.6 is 36.2 Å². The smallest absolute Gasteiger partial charge is 0.106 e. The van der Waals surface area contributed by atoms with Gasteiger partial charge in [-0.15, -0.1) is 0 Å². The topological polar surface area (TPSA) is 20.2 Å². The third kappa shape index (κ3) is 1.63. The Kier molecular flexibility index (Phi) is 2.67. The first-order chi connectivity index (χ1) is 5.04. The number of rotatable bonds is 0. The molecule has 4 heteroatoms. The van der Waals surface area contributed by atoms with E-state index < -0.39 is 0 Å². The molecule has 11 heavy (non-hydrogen) atoms. The first kappa shape index (κ1) is 9.16. The number of thiocarbonyl (C=S) groups is 2. The average Bonchev–Trinajstić information content (AvgIpc) is 1.97. The SMILES string of the molecule is CC1=C(O)C(C)C(=S)SC1=S. The first-order valence-electron chi connectivity index (χ1n) is 3.19. The van der Waals surface area contributed by atoms with Crippen LogP contribution in [0.2, 0.25) is 0 Å². The van der Waals surface area contributed by atoms with Crippen LogP contribution in [0.1, 0.15) is 13.8 Å². The van der Waals surface area contributed by atoms with Gasteiger partial charge in [-0.2, -0.15) is 0 Å². The van der Waals surface area contributed by atoms with E-state index in [1.54, 1.807) is 0 Å². The molecule has 0 aromatic carbocycles. The molecule has 60 valence electrons. The predicted molar refractivity (Wildman–Crippen MR) is 57.3 cm³/mol. The molecule has 0 aromatic heterocycles. The van der Waals surface area contributed by atoms with Crippen molar-refractivity contribution in [2.75, 3.05) is 0 Å². The van der Waals surface area contributed by atoms with Gasteiger partial charge in [0.15, 0.2) is 0 Å². The monoisotopic (exact) mass is 204 g/mol. The second-order valence-corrected chi connectivity index (χ2v) is 4.86. The molecule has 0 aromatic rings. The lowest BCUT2D eigenvalue weighted by atomic mass is 10.1. The van der Waals surface area contributed by atoms with Crippen LogP contribution in [0.15, 0.2) is 11.3 Å². The van der Waals surface area contributed by atoms with Crippen molar-refractivity contribution in [3.05, 3.63) is 11.3 Å². The lowest BCUT2D eigenvalue weighted by Crippen LogP contribution is -2.18. The summed E-state index contributed by atoms with van der Waals surface area (Å²) in [5.74, 6) is 0.306. The van der Waals surface area contributed by atoms with Gasteiger partial charge in [0.2, 0.25) is 0 Å². The van der Waals surface area contributed by atoms with Gasteiger partial charge >= 0.3 is 0 Å². The minimum absolute atomic E-state index is 0.0262. The summed E-state index contributed by atoms with van der Waals surface area (Å²) >= 11 is 11.4. The van der Waals surface area contributed by atoms with Crippen molar-refractivity contribution in [1.82, 2.24) is 0 Å². The zero-order valence-corrected chi connectivity index (χ0v) is 8.70. The number of aliphatic hydroxyl groups is 1. The molecule has 0 aliphatic carbocycles. The van der Waals surface area contributed by atoms with Crippen LogP contribution in [-0.4, -0.2) is 13.5 Å². The van der Waals surface area contributed by atoms with Gasteiger partial charge in [0.25, 0.3) is 0 Å². The largest absolute Gasteiger partial charge is 0.511 e. The van der Waals surface area contributed by atoms with Crippen LogP contribution in [0.3, 0.4) is 0 Å². The molecule has 0 spiro atoms. The van der Waals surface area contributed by atoms with Gasteiger partial charge in [0.05, 0.1) is 14.3 Å². The number of thioether (sulfide) groups is 1. The van der Waals surface area contributed by atoms with Gasteiger partial charge in [-0.1, -0.05) is 36.2 Å². The van der Waals surface area contributed by atoms with Crippen molar-refractivity contribution in [3.63, 3.8) is 0 Å². The Bertz CT molecular complexity index is 254. The maximum atomic E-state index is 9.48. The van der Waals surface area contributed by atoms with Crippen LogP contribution in [0.5, 0.6) is 0 Å². The molecule has 0 saturated heterocycles. The van der Waals surface area contributed by atoms with E-state index >= 15 is 0 Å². The molecule has 0 fully saturated rings. The summed E-state index contributed by atoms with van der Waals surface area (Å²) in [5.41, 5.74) is 0.797. The first-order valence-corrected chi connectivity index (χ1v) is 4.83. The highest BCUT2D eigenvalue weighted by atomic mass is 32.2. The molecule has 1 heterocycles. The number of hydrogen-bond donors (Lipinski definition) is 1. The van der Waals surface area contributed by atoms with Crippen molar-refractivity contribution < 1.29 is 5.11 Å². The molecule has 1 aliphatic heterocycles. The van der Waals surface area contributed by atoms with E-state index in [9.17, 15) is 5.11 Å². The van der Waals surface area contributed by atoms with Crippen molar-refractivity contribution in [2.24, 2.45) is 5.92 Å². The zero-order valence-electron chi connectivity index (χ0n) is 6.25. The van der Waals surface area contributed by atoms with E-state index in [0.29, 0.717) is 9.96 Å². The molecule has 1 nitrogen and oxygen atoms in total. The van der Waals surface area contributed by atoms with Crippen LogP contribution in [0, 0.1) is 5.92 Å². The number of aliphatic hydroxyl groups excluding tert-OH is 1. The van der Waals surface area contributed by atoms with E-state index in [1.165, 1.54) is 11.8 Å². The van der Waals surface area contributed by atoms with E-state index in [2.05, 4.69) is 0 Å². The van der Waals surface area contributed by atoms with E-state index in [4.69, 9.17) is 24.4 Å². The summed E-state index contributed by atoms with van der Waals surface area (Å²) in [6.07, 6.45) is 0. The van der Waals surface area contributed by atoms with E-state index in [0.717, 1.165) is 9.77 Å². The highest BCUT2D eigenvalue weighted by Crippen LogP contribution is 2.31. The van der Waals surface area contributed by atoms with Gasteiger partial charge in [-0.3, -0.25) is 0 Å². The molecule has 0 bridgehead atoms. The Morgan fingerprint density at radius 3 is 2.55 bits per heavy atom. The van der Waals surface area contributed by atoms with Crippen molar-refractivity contribution in [3.8, 4) is 0 Å². The van der Waals surface area contributed by atoms with Crippen LogP contribution in [-0.2, 0) is 0 Å². The summed E-state index contributed by atoms with van der Waals surface area (Å²) < 4.78 is 1.46. The molecule has 1 rings (SSSR count). The Morgan fingerprint density at radius 2 is 2.00 bits per heavy atom. The number of hydrogen-bond acceptors (Lipinski definition) is 4. The third-order valence-corrected chi connectivity index (χ3v) is 3.85. The second-order valence-electron chi connectivity index (χ2n) is 2.44. The molecular formula is C7H8OS3. The molecule has 0 radical (unpaired) electrons. The summed E-state index contributed by atoms with van der Waals surface area (Å²) in [7, 11) is 0. The normalized spacial score (nSPS) is 26.2. The fraction of sp³-hybridized carbons (Fsp3) is 0.429. The van der Waals surface area contributed by atoms with Crippen LogP contribution in [0.25, 0.3) is 0 Å². The van der Waals surface area contributed by atoms with Crippen molar-refractivity contribution >= 4 is 44.6 Å². The summed E-state index contributed by atoms with van der Waals surface area (Å²) in [6.45, 7) is 3.71. The standard InChI is InChI=1S/C7H8OS3/c1-3-5(8)4(2)7(10)11-6(3)9/h3,8H,1-2H3. The molecular weight excluding hydrogens is 196 g/mol. The maximum absolute atomic E-state index is 9.48. The lowest BCUT2D eigenvalue weighted by molar-refractivity contribution is 0.371. The Balaban J connectivity index is 3.08. The van der Waals surface area contributed by atoms with Gasteiger partial charge in [-0.05, 0) is 13.8 Å². The van der Waals surface area contributed by atoms with Gasteiger partial charge < -0.3 is 5.11 Å².